The van der Waals surface area contributed by atoms with Gasteiger partial charge in [-0.2, -0.15) is 0 Å². The monoisotopic (exact) mass is 289 g/mol. The molecule has 0 heterocycles. The van der Waals surface area contributed by atoms with Gasteiger partial charge in [-0.05, 0) is 37.7 Å². The maximum Gasteiger partial charge on any atom is 0.0743 e. The second kappa shape index (κ2) is 7.95. The van der Waals surface area contributed by atoms with Gasteiger partial charge in [0, 0.05) is 12.6 Å². The van der Waals surface area contributed by atoms with Crippen LogP contribution in [0.5, 0.6) is 0 Å². The van der Waals surface area contributed by atoms with E-state index in [9.17, 15) is 5.11 Å². The lowest BCUT2D eigenvalue weighted by atomic mass is 9.81. The van der Waals surface area contributed by atoms with E-state index in [0.717, 1.165) is 12.8 Å². The largest absolute Gasteiger partial charge is 0.389 e. The molecule has 118 valence electrons. The van der Waals surface area contributed by atoms with Gasteiger partial charge in [0.15, 0.2) is 0 Å². The van der Waals surface area contributed by atoms with Crippen LogP contribution < -0.4 is 5.32 Å². The smallest absolute Gasteiger partial charge is 0.0743 e. The molecule has 0 amide bonds. The van der Waals surface area contributed by atoms with E-state index in [1.165, 1.54) is 37.7 Å². The third kappa shape index (κ3) is 5.12. The first kappa shape index (κ1) is 16.5. The SMILES string of the molecule is CCCC(C)(O)CNC(c1ccccc1)C1CCCCC1. The van der Waals surface area contributed by atoms with Crippen molar-refractivity contribution in [1.82, 2.24) is 5.32 Å². The third-order valence-electron chi connectivity index (χ3n) is 4.77. The summed E-state index contributed by atoms with van der Waals surface area (Å²) < 4.78 is 0. The normalized spacial score (nSPS) is 20.9. The molecule has 0 aromatic heterocycles. The van der Waals surface area contributed by atoms with E-state index >= 15 is 0 Å². The first-order valence-electron chi connectivity index (χ1n) is 8.63. The van der Waals surface area contributed by atoms with Crippen LogP contribution in [-0.2, 0) is 0 Å². The molecule has 2 nitrogen and oxygen atoms in total. The molecule has 0 radical (unpaired) electrons. The third-order valence-corrected chi connectivity index (χ3v) is 4.77. The molecule has 2 rings (SSSR count). The van der Waals surface area contributed by atoms with Crippen molar-refractivity contribution >= 4 is 0 Å². The van der Waals surface area contributed by atoms with Gasteiger partial charge in [0.1, 0.15) is 0 Å². The molecule has 0 saturated heterocycles. The van der Waals surface area contributed by atoms with Crippen LogP contribution in [0.2, 0.25) is 0 Å². The molecule has 1 aromatic rings. The average molecular weight is 289 g/mol. The van der Waals surface area contributed by atoms with Gasteiger partial charge >= 0.3 is 0 Å². The van der Waals surface area contributed by atoms with E-state index in [1.54, 1.807) is 0 Å². The Morgan fingerprint density at radius 2 is 1.86 bits per heavy atom. The summed E-state index contributed by atoms with van der Waals surface area (Å²) in [6.07, 6.45) is 8.57. The van der Waals surface area contributed by atoms with Crippen LogP contribution in [0.25, 0.3) is 0 Å². The molecule has 1 aromatic carbocycles. The lowest BCUT2D eigenvalue weighted by Gasteiger charge is -2.34. The van der Waals surface area contributed by atoms with Crippen molar-refractivity contribution in [2.75, 3.05) is 6.54 Å². The van der Waals surface area contributed by atoms with E-state index < -0.39 is 5.60 Å². The fourth-order valence-electron chi connectivity index (χ4n) is 3.64. The van der Waals surface area contributed by atoms with Crippen molar-refractivity contribution in [3.8, 4) is 0 Å². The molecule has 0 aliphatic heterocycles. The van der Waals surface area contributed by atoms with Crippen molar-refractivity contribution in [3.63, 3.8) is 0 Å². The van der Waals surface area contributed by atoms with Gasteiger partial charge in [0.25, 0.3) is 0 Å². The van der Waals surface area contributed by atoms with Gasteiger partial charge < -0.3 is 10.4 Å². The van der Waals surface area contributed by atoms with Gasteiger partial charge in [-0.15, -0.1) is 0 Å². The molecule has 2 unspecified atom stereocenters. The van der Waals surface area contributed by atoms with Crippen LogP contribution in [0.1, 0.15) is 70.4 Å². The number of benzene rings is 1. The quantitative estimate of drug-likeness (QED) is 0.777. The first-order chi connectivity index (χ1) is 10.1. The highest BCUT2D eigenvalue weighted by Gasteiger charge is 2.27. The summed E-state index contributed by atoms with van der Waals surface area (Å²) >= 11 is 0. The summed E-state index contributed by atoms with van der Waals surface area (Å²) in [4.78, 5) is 0. The number of hydrogen-bond donors (Lipinski definition) is 2. The fourth-order valence-corrected chi connectivity index (χ4v) is 3.64. The summed E-state index contributed by atoms with van der Waals surface area (Å²) in [6, 6.07) is 11.2. The zero-order valence-electron chi connectivity index (χ0n) is 13.6. The number of nitrogens with one attached hydrogen (secondary N) is 1. The lowest BCUT2D eigenvalue weighted by molar-refractivity contribution is 0.0436. The maximum atomic E-state index is 10.4. The molecule has 1 aliphatic carbocycles. The highest BCUT2D eigenvalue weighted by molar-refractivity contribution is 5.20. The van der Waals surface area contributed by atoms with Crippen LogP contribution in [0.15, 0.2) is 30.3 Å². The number of aliphatic hydroxyl groups is 1. The molecule has 21 heavy (non-hydrogen) atoms. The zero-order chi connectivity index (χ0) is 15.1. The topological polar surface area (TPSA) is 32.3 Å². The van der Waals surface area contributed by atoms with E-state index in [1.807, 2.05) is 6.92 Å². The average Bonchev–Trinajstić information content (AvgIpc) is 2.49. The van der Waals surface area contributed by atoms with Gasteiger partial charge in [-0.1, -0.05) is 62.9 Å². The Morgan fingerprint density at radius 3 is 2.48 bits per heavy atom. The zero-order valence-corrected chi connectivity index (χ0v) is 13.6. The van der Waals surface area contributed by atoms with E-state index in [2.05, 4.69) is 42.6 Å². The molecule has 1 aliphatic rings. The van der Waals surface area contributed by atoms with Crippen LogP contribution >= 0.6 is 0 Å². The standard InChI is InChI=1S/C19H31NO/c1-3-14-19(2,21)15-20-18(16-10-6-4-7-11-16)17-12-8-5-9-13-17/h4,6-7,10-11,17-18,20-21H,3,5,8-9,12-15H2,1-2H3. The molecule has 2 atom stereocenters. The summed E-state index contributed by atoms with van der Waals surface area (Å²) in [6.45, 7) is 4.76. The Balaban J connectivity index is 2.05. The van der Waals surface area contributed by atoms with E-state index in [-0.39, 0.29) is 0 Å². The molecule has 0 spiro atoms. The minimum Gasteiger partial charge on any atom is -0.389 e. The Bertz CT molecular complexity index is 395. The fraction of sp³-hybridized carbons (Fsp3) is 0.684. The predicted molar refractivity (Wildman–Crippen MR) is 89.3 cm³/mol. The van der Waals surface area contributed by atoms with Crippen molar-refractivity contribution < 1.29 is 5.11 Å². The Hall–Kier alpha value is -0.860. The highest BCUT2D eigenvalue weighted by Crippen LogP contribution is 2.34. The predicted octanol–water partition coefficient (Wildman–Crippen LogP) is 4.45. The van der Waals surface area contributed by atoms with Crippen molar-refractivity contribution in [1.29, 1.82) is 0 Å². The summed E-state index contributed by atoms with van der Waals surface area (Å²) in [5.74, 6) is 0.707. The molecule has 2 heteroatoms. The summed E-state index contributed by atoms with van der Waals surface area (Å²) in [5, 5.41) is 14.1. The van der Waals surface area contributed by atoms with E-state index in [0.29, 0.717) is 18.5 Å². The molecule has 1 fully saturated rings. The second-order valence-electron chi connectivity index (χ2n) is 6.91. The Kier molecular flexibility index (Phi) is 6.25. The molecule has 0 bridgehead atoms. The van der Waals surface area contributed by atoms with Gasteiger partial charge in [-0.25, -0.2) is 0 Å². The van der Waals surface area contributed by atoms with Crippen LogP contribution in [0.3, 0.4) is 0 Å². The van der Waals surface area contributed by atoms with Crippen LogP contribution in [0, 0.1) is 5.92 Å². The van der Waals surface area contributed by atoms with E-state index in [4.69, 9.17) is 0 Å². The van der Waals surface area contributed by atoms with Crippen molar-refractivity contribution in [3.05, 3.63) is 35.9 Å². The Labute approximate surface area is 130 Å². The highest BCUT2D eigenvalue weighted by atomic mass is 16.3. The number of rotatable bonds is 7. The molecular formula is C19H31NO. The molecule has 1 saturated carbocycles. The minimum atomic E-state index is -0.601. The van der Waals surface area contributed by atoms with Gasteiger partial charge in [0.2, 0.25) is 0 Å². The Morgan fingerprint density at radius 1 is 1.19 bits per heavy atom. The van der Waals surface area contributed by atoms with Crippen molar-refractivity contribution in [2.24, 2.45) is 5.92 Å². The maximum absolute atomic E-state index is 10.4. The second-order valence-corrected chi connectivity index (χ2v) is 6.91. The minimum absolute atomic E-state index is 0.384. The van der Waals surface area contributed by atoms with Crippen molar-refractivity contribution in [2.45, 2.75) is 70.4 Å². The molecular weight excluding hydrogens is 258 g/mol. The lowest BCUT2D eigenvalue weighted by Crippen LogP contribution is -2.41. The molecule has 2 N–H and O–H groups in total. The first-order valence-corrected chi connectivity index (χ1v) is 8.63. The van der Waals surface area contributed by atoms with Gasteiger partial charge in [0.05, 0.1) is 5.60 Å². The summed E-state index contributed by atoms with van der Waals surface area (Å²) in [7, 11) is 0. The van der Waals surface area contributed by atoms with Crippen LogP contribution in [0.4, 0.5) is 0 Å². The summed E-state index contributed by atoms with van der Waals surface area (Å²) in [5.41, 5.74) is 0.771. The van der Waals surface area contributed by atoms with Crippen LogP contribution in [-0.4, -0.2) is 17.3 Å². The van der Waals surface area contributed by atoms with Gasteiger partial charge in [-0.3, -0.25) is 0 Å². The number of hydrogen-bond acceptors (Lipinski definition) is 2.